The van der Waals surface area contributed by atoms with E-state index in [1.165, 1.54) is 13.8 Å². The van der Waals surface area contributed by atoms with E-state index in [2.05, 4.69) is 4.74 Å². The molecule has 3 rings (SSSR count). The number of nitrogens with zero attached hydrogens (tertiary/aromatic N) is 1. The van der Waals surface area contributed by atoms with Crippen LogP contribution < -0.4 is 9.64 Å². The first-order valence-electron chi connectivity index (χ1n) is 10.2. The fourth-order valence-electron chi connectivity index (χ4n) is 3.94. The van der Waals surface area contributed by atoms with E-state index in [-0.39, 0.29) is 31.1 Å². The molecule has 1 atom stereocenters. The molecule has 35 heavy (non-hydrogen) atoms. The summed E-state index contributed by atoms with van der Waals surface area (Å²) in [6.07, 6.45) is -10.1. The Bertz CT molecular complexity index is 1220. The molecule has 0 saturated carbocycles. The standard InChI is InChI=1S/C22H20F7NO4S/c1-20(2,35(32,33)16-5-3-4-15(12-16)34-22(27,28)29)13-8-9-30(19(31)11-13)18-7-6-14(10-17(18)23)21(24,25)26/h3-7,10,12-13H,8-9,11H2,1-2H3/t13-/m1/s1. The first-order chi connectivity index (χ1) is 15.9. The van der Waals surface area contributed by atoms with Gasteiger partial charge in [-0.2, -0.15) is 13.2 Å². The SMILES string of the molecule is CC(C)([C@@H]1CCN(c2ccc(C(F)(F)F)cc2F)C(=O)C1)S(=O)(=O)c1cccc(OC(F)(F)F)c1. The van der Waals surface area contributed by atoms with Crippen LogP contribution >= 0.6 is 0 Å². The molecule has 2 aromatic rings. The molecule has 2 aromatic carbocycles. The zero-order valence-electron chi connectivity index (χ0n) is 18.4. The van der Waals surface area contributed by atoms with Gasteiger partial charge in [0.25, 0.3) is 0 Å². The number of rotatable bonds is 5. The number of hydrogen-bond acceptors (Lipinski definition) is 4. The minimum Gasteiger partial charge on any atom is -0.406 e. The van der Waals surface area contributed by atoms with Gasteiger partial charge in [-0.15, -0.1) is 13.2 Å². The molecule has 0 N–H and O–H groups in total. The van der Waals surface area contributed by atoms with Crippen molar-refractivity contribution in [2.75, 3.05) is 11.4 Å². The molecule has 1 fully saturated rings. The molecule has 0 radical (unpaired) electrons. The Morgan fingerprint density at radius 3 is 2.20 bits per heavy atom. The van der Waals surface area contributed by atoms with Crippen molar-refractivity contribution in [3.8, 4) is 5.75 Å². The molecule has 1 amide bonds. The van der Waals surface area contributed by atoms with E-state index in [1.807, 2.05) is 0 Å². The third kappa shape index (κ3) is 5.54. The van der Waals surface area contributed by atoms with Crippen molar-refractivity contribution in [1.29, 1.82) is 0 Å². The number of anilines is 1. The summed E-state index contributed by atoms with van der Waals surface area (Å²) in [5.74, 6) is -3.48. The quantitative estimate of drug-likeness (QED) is 0.466. The summed E-state index contributed by atoms with van der Waals surface area (Å²) in [6.45, 7) is 2.49. The van der Waals surface area contributed by atoms with Crippen molar-refractivity contribution in [3.05, 3.63) is 53.8 Å². The maximum atomic E-state index is 14.4. The third-order valence-corrected chi connectivity index (χ3v) is 8.61. The summed E-state index contributed by atoms with van der Waals surface area (Å²) in [7, 11) is -4.27. The van der Waals surface area contributed by atoms with Crippen LogP contribution in [0.15, 0.2) is 47.4 Å². The predicted molar refractivity (Wildman–Crippen MR) is 111 cm³/mol. The first-order valence-corrected chi connectivity index (χ1v) is 11.7. The van der Waals surface area contributed by atoms with Crippen LogP contribution in [0.25, 0.3) is 0 Å². The summed E-state index contributed by atoms with van der Waals surface area (Å²) in [4.78, 5) is 13.3. The van der Waals surface area contributed by atoms with Crippen LogP contribution in [0.2, 0.25) is 0 Å². The van der Waals surface area contributed by atoms with Crippen LogP contribution in [0.4, 0.5) is 36.4 Å². The Labute approximate surface area is 196 Å². The minimum atomic E-state index is -5.02. The number of piperidine rings is 1. The second-order valence-electron chi connectivity index (χ2n) is 8.53. The largest absolute Gasteiger partial charge is 0.573 e. The van der Waals surface area contributed by atoms with Gasteiger partial charge in [0.05, 0.1) is 20.9 Å². The van der Waals surface area contributed by atoms with Crippen LogP contribution in [0, 0.1) is 11.7 Å². The normalized spacial score (nSPS) is 18.0. The fraction of sp³-hybridized carbons (Fsp3) is 0.409. The number of ether oxygens (including phenoxy) is 1. The third-order valence-electron chi connectivity index (χ3n) is 6.01. The highest BCUT2D eigenvalue weighted by molar-refractivity contribution is 7.92. The Morgan fingerprint density at radius 2 is 1.66 bits per heavy atom. The van der Waals surface area contributed by atoms with Gasteiger partial charge in [0.15, 0.2) is 9.84 Å². The number of halogens is 7. The molecule has 192 valence electrons. The van der Waals surface area contributed by atoms with Gasteiger partial charge in [0, 0.05) is 13.0 Å². The number of sulfone groups is 1. The molecule has 1 heterocycles. The number of benzene rings is 2. The summed E-state index contributed by atoms with van der Waals surface area (Å²) >= 11 is 0. The van der Waals surface area contributed by atoms with Crippen molar-refractivity contribution < 1.29 is 48.7 Å². The highest BCUT2D eigenvalue weighted by Crippen LogP contribution is 2.41. The van der Waals surface area contributed by atoms with Gasteiger partial charge in [-0.1, -0.05) is 6.07 Å². The van der Waals surface area contributed by atoms with Crippen LogP contribution in [-0.2, 0) is 20.8 Å². The van der Waals surface area contributed by atoms with Gasteiger partial charge in [0.1, 0.15) is 11.6 Å². The Balaban J connectivity index is 1.82. The second kappa shape index (κ2) is 8.99. The molecule has 0 unspecified atom stereocenters. The average Bonchev–Trinajstić information content (AvgIpc) is 2.72. The van der Waals surface area contributed by atoms with Gasteiger partial charge in [-0.3, -0.25) is 4.79 Å². The van der Waals surface area contributed by atoms with Crippen molar-refractivity contribution in [2.45, 2.75) is 48.9 Å². The van der Waals surface area contributed by atoms with E-state index in [0.29, 0.717) is 6.07 Å². The topological polar surface area (TPSA) is 63.7 Å². The van der Waals surface area contributed by atoms with Crippen molar-refractivity contribution in [1.82, 2.24) is 0 Å². The lowest BCUT2D eigenvalue weighted by atomic mass is 9.85. The van der Waals surface area contributed by atoms with Crippen molar-refractivity contribution in [3.63, 3.8) is 0 Å². The van der Waals surface area contributed by atoms with E-state index in [4.69, 9.17) is 0 Å². The molecular formula is C22H20F7NO4S. The highest BCUT2D eigenvalue weighted by atomic mass is 32.2. The van der Waals surface area contributed by atoms with Crippen LogP contribution in [0.1, 0.15) is 32.3 Å². The second-order valence-corrected chi connectivity index (χ2v) is 11.1. The molecular weight excluding hydrogens is 507 g/mol. The molecule has 0 bridgehead atoms. The number of carbonyl (C=O) groups excluding carboxylic acids is 1. The molecule has 5 nitrogen and oxygen atoms in total. The smallest absolute Gasteiger partial charge is 0.406 e. The number of amides is 1. The molecule has 0 aliphatic carbocycles. The van der Waals surface area contributed by atoms with E-state index in [9.17, 15) is 43.9 Å². The first kappa shape index (κ1) is 26.8. The van der Waals surface area contributed by atoms with Gasteiger partial charge in [0.2, 0.25) is 5.91 Å². The van der Waals surface area contributed by atoms with E-state index < -0.39 is 61.0 Å². The summed E-state index contributed by atoms with van der Waals surface area (Å²) < 4.78 is 119. The summed E-state index contributed by atoms with van der Waals surface area (Å²) in [5, 5.41) is 0. The van der Waals surface area contributed by atoms with E-state index >= 15 is 0 Å². The van der Waals surface area contributed by atoms with Crippen LogP contribution in [0.3, 0.4) is 0 Å². The lowest BCUT2D eigenvalue weighted by Gasteiger charge is -2.39. The maximum Gasteiger partial charge on any atom is 0.573 e. The molecule has 1 aliphatic rings. The lowest BCUT2D eigenvalue weighted by molar-refractivity contribution is -0.274. The Kier molecular flexibility index (Phi) is 6.88. The minimum absolute atomic E-state index is 0.0528. The van der Waals surface area contributed by atoms with Crippen molar-refractivity contribution >= 4 is 21.4 Å². The molecule has 0 spiro atoms. The maximum absolute atomic E-state index is 14.4. The number of carbonyl (C=O) groups is 1. The molecule has 0 aromatic heterocycles. The van der Waals surface area contributed by atoms with Crippen molar-refractivity contribution in [2.24, 2.45) is 5.92 Å². The lowest BCUT2D eigenvalue weighted by Crippen LogP contribution is -2.48. The van der Waals surface area contributed by atoms with E-state index in [0.717, 1.165) is 35.2 Å². The van der Waals surface area contributed by atoms with Crippen LogP contribution in [-0.4, -0.2) is 32.0 Å². The van der Waals surface area contributed by atoms with E-state index in [1.54, 1.807) is 0 Å². The van der Waals surface area contributed by atoms with Crippen LogP contribution in [0.5, 0.6) is 5.75 Å². The number of hydrogen-bond donors (Lipinski definition) is 0. The summed E-state index contributed by atoms with van der Waals surface area (Å²) in [6, 6.07) is 5.63. The Morgan fingerprint density at radius 1 is 1.00 bits per heavy atom. The Hall–Kier alpha value is -2.83. The predicted octanol–water partition coefficient (Wildman–Crippen LogP) is 5.74. The average molecular weight is 527 g/mol. The van der Waals surface area contributed by atoms with Gasteiger partial charge < -0.3 is 9.64 Å². The van der Waals surface area contributed by atoms with Gasteiger partial charge >= 0.3 is 12.5 Å². The highest BCUT2D eigenvalue weighted by Gasteiger charge is 2.46. The van der Waals surface area contributed by atoms with Gasteiger partial charge in [-0.25, -0.2) is 12.8 Å². The molecule has 13 heteroatoms. The zero-order valence-corrected chi connectivity index (χ0v) is 19.2. The molecule has 1 aliphatic heterocycles. The fourth-order valence-corrected chi connectivity index (χ4v) is 5.72. The zero-order chi connectivity index (χ0) is 26.4. The summed E-state index contributed by atoms with van der Waals surface area (Å²) in [5.41, 5.74) is -1.58. The molecule has 1 saturated heterocycles. The van der Waals surface area contributed by atoms with Gasteiger partial charge in [-0.05, 0) is 62.6 Å². The number of alkyl halides is 6. The monoisotopic (exact) mass is 527 g/mol.